The highest BCUT2D eigenvalue weighted by Gasteiger charge is 2.22. The Morgan fingerprint density at radius 3 is 2.44 bits per heavy atom. The molecule has 3 aromatic rings. The van der Waals surface area contributed by atoms with Crippen molar-refractivity contribution in [1.82, 2.24) is 9.99 Å². The molecule has 0 atom stereocenters. The minimum atomic E-state index is -3.65. The Balaban J connectivity index is 1.76. The molecular weight excluding hydrogens is 448 g/mol. The van der Waals surface area contributed by atoms with Crippen LogP contribution in [0.15, 0.2) is 59.7 Å². The summed E-state index contributed by atoms with van der Waals surface area (Å²) in [6.45, 7) is 5.31. The van der Waals surface area contributed by atoms with Crippen LogP contribution in [0.3, 0.4) is 0 Å². The smallest absolute Gasteiger partial charge is 0.260 e. The van der Waals surface area contributed by atoms with E-state index in [1.54, 1.807) is 25.1 Å². The van der Waals surface area contributed by atoms with E-state index < -0.39 is 15.9 Å². The Bertz CT molecular complexity index is 1280. The lowest BCUT2D eigenvalue weighted by molar-refractivity contribution is -0.119. The zero-order chi connectivity index (χ0) is 23.5. The number of anilines is 1. The van der Waals surface area contributed by atoms with Crippen LogP contribution in [-0.2, 0) is 14.8 Å². The SMILES string of the molecule is Cc1ccccc1N(CC(=O)N/N=C/c1cc(C)n(-c2ccccc2Cl)c1C)S(C)(=O)=O. The van der Waals surface area contributed by atoms with E-state index in [4.69, 9.17) is 11.6 Å². The molecule has 1 N–H and O–H groups in total. The summed E-state index contributed by atoms with van der Waals surface area (Å²) in [7, 11) is -3.65. The third-order valence-corrected chi connectivity index (χ3v) is 6.47. The molecule has 0 saturated heterocycles. The lowest BCUT2D eigenvalue weighted by Gasteiger charge is -2.23. The minimum Gasteiger partial charge on any atom is -0.316 e. The minimum absolute atomic E-state index is 0.375. The van der Waals surface area contributed by atoms with Crippen LogP contribution < -0.4 is 9.73 Å². The first-order chi connectivity index (χ1) is 15.1. The number of aromatic nitrogens is 1. The van der Waals surface area contributed by atoms with Crippen LogP contribution in [0.5, 0.6) is 0 Å². The molecule has 0 aliphatic heterocycles. The molecule has 0 aliphatic rings. The van der Waals surface area contributed by atoms with Gasteiger partial charge >= 0.3 is 0 Å². The van der Waals surface area contributed by atoms with Crippen molar-refractivity contribution < 1.29 is 13.2 Å². The number of halogens is 1. The zero-order valence-corrected chi connectivity index (χ0v) is 19.9. The van der Waals surface area contributed by atoms with E-state index in [1.807, 2.05) is 54.8 Å². The summed E-state index contributed by atoms with van der Waals surface area (Å²) in [4.78, 5) is 12.4. The third-order valence-electron chi connectivity index (χ3n) is 5.03. The van der Waals surface area contributed by atoms with Crippen LogP contribution in [0.4, 0.5) is 5.69 Å². The van der Waals surface area contributed by atoms with E-state index in [0.717, 1.165) is 38.8 Å². The van der Waals surface area contributed by atoms with Crippen molar-refractivity contribution in [3.63, 3.8) is 0 Å². The normalized spacial score (nSPS) is 11.7. The number of sulfonamides is 1. The molecule has 0 spiro atoms. The number of hydrazone groups is 1. The maximum Gasteiger partial charge on any atom is 0.260 e. The molecule has 9 heteroatoms. The highest BCUT2D eigenvalue weighted by molar-refractivity contribution is 7.92. The number of carbonyl (C=O) groups excluding carboxylic acids is 1. The second-order valence-corrected chi connectivity index (χ2v) is 9.78. The number of hydrogen-bond acceptors (Lipinski definition) is 4. The van der Waals surface area contributed by atoms with Gasteiger partial charge in [-0.25, -0.2) is 13.8 Å². The summed E-state index contributed by atoms with van der Waals surface area (Å²) in [6.07, 6.45) is 2.60. The maximum absolute atomic E-state index is 12.4. The first-order valence-electron chi connectivity index (χ1n) is 9.88. The third kappa shape index (κ3) is 5.20. The molecule has 0 bridgehead atoms. The fourth-order valence-corrected chi connectivity index (χ4v) is 4.62. The molecule has 0 aliphatic carbocycles. The standard InChI is InChI=1S/C23H25ClN4O3S/c1-16-9-5-7-11-21(16)27(32(4,30)31)15-23(29)26-25-14-19-13-17(2)28(18(19)3)22-12-8-6-10-20(22)24/h5-14H,15H2,1-4H3,(H,26,29)/b25-14+. The Labute approximate surface area is 193 Å². The Kier molecular flexibility index (Phi) is 7.06. The van der Waals surface area contributed by atoms with Crippen LogP contribution in [0.25, 0.3) is 5.69 Å². The van der Waals surface area contributed by atoms with Crippen LogP contribution in [-0.4, -0.2) is 37.9 Å². The number of para-hydroxylation sites is 2. The highest BCUT2D eigenvalue weighted by atomic mass is 35.5. The predicted octanol–water partition coefficient (Wildman–Crippen LogP) is 3.97. The van der Waals surface area contributed by atoms with Crippen LogP contribution in [0, 0.1) is 20.8 Å². The summed E-state index contributed by atoms with van der Waals surface area (Å²) in [5.74, 6) is -0.546. The van der Waals surface area contributed by atoms with Crippen molar-refractivity contribution in [2.75, 3.05) is 17.1 Å². The van der Waals surface area contributed by atoms with Crippen molar-refractivity contribution >= 4 is 39.4 Å². The van der Waals surface area contributed by atoms with Gasteiger partial charge in [0.15, 0.2) is 0 Å². The van der Waals surface area contributed by atoms with Gasteiger partial charge in [-0.05, 0) is 50.6 Å². The van der Waals surface area contributed by atoms with Crippen molar-refractivity contribution in [1.29, 1.82) is 0 Å². The average Bonchev–Trinajstić information content (AvgIpc) is 3.00. The average molecular weight is 473 g/mol. The van der Waals surface area contributed by atoms with E-state index in [0.29, 0.717) is 10.7 Å². The van der Waals surface area contributed by atoms with Gasteiger partial charge < -0.3 is 4.57 Å². The molecule has 168 valence electrons. The lowest BCUT2D eigenvalue weighted by atomic mass is 10.2. The van der Waals surface area contributed by atoms with Crippen molar-refractivity contribution in [2.45, 2.75) is 20.8 Å². The number of nitrogens with one attached hydrogen (secondary N) is 1. The largest absolute Gasteiger partial charge is 0.316 e. The molecule has 0 fully saturated rings. The Hall–Kier alpha value is -3.10. The number of hydrogen-bond donors (Lipinski definition) is 1. The molecule has 0 radical (unpaired) electrons. The summed E-state index contributed by atoms with van der Waals surface area (Å²) in [5.41, 5.74) is 7.16. The first-order valence-corrected chi connectivity index (χ1v) is 12.1. The van der Waals surface area contributed by atoms with Crippen LogP contribution >= 0.6 is 11.6 Å². The molecule has 2 aromatic carbocycles. The van der Waals surface area contributed by atoms with Gasteiger partial charge in [-0.15, -0.1) is 0 Å². The Morgan fingerprint density at radius 1 is 1.12 bits per heavy atom. The number of nitrogens with zero attached hydrogens (tertiary/aromatic N) is 3. The zero-order valence-electron chi connectivity index (χ0n) is 18.3. The lowest BCUT2D eigenvalue weighted by Crippen LogP contribution is -2.39. The van der Waals surface area contributed by atoms with Gasteiger partial charge in [0, 0.05) is 17.0 Å². The van der Waals surface area contributed by atoms with E-state index in [2.05, 4.69) is 10.5 Å². The molecule has 0 saturated carbocycles. The van der Waals surface area contributed by atoms with E-state index >= 15 is 0 Å². The number of benzene rings is 2. The summed E-state index contributed by atoms with van der Waals surface area (Å²) < 4.78 is 27.6. The fourth-order valence-electron chi connectivity index (χ4n) is 3.49. The van der Waals surface area contributed by atoms with Gasteiger partial charge in [0.05, 0.1) is 28.9 Å². The summed E-state index contributed by atoms with van der Waals surface area (Å²) >= 11 is 6.34. The van der Waals surface area contributed by atoms with Crippen molar-refractivity contribution in [3.05, 3.63) is 82.1 Å². The van der Waals surface area contributed by atoms with Gasteiger partial charge in [0.25, 0.3) is 5.91 Å². The number of amides is 1. The molecule has 0 unspecified atom stereocenters. The van der Waals surface area contributed by atoms with Gasteiger partial charge in [0.1, 0.15) is 6.54 Å². The predicted molar refractivity (Wildman–Crippen MR) is 129 cm³/mol. The molecule has 1 heterocycles. The molecular formula is C23H25ClN4O3S. The number of carbonyl (C=O) groups is 1. The van der Waals surface area contributed by atoms with Gasteiger partial charge in [-0.1, -0.05) is 41.9 Å². The van der Waals surface area contributed by atoms with Gasteiger partial charge in [-0.2, -0.15) is 5.10 Å². The van der Waals surface area contributed by atoms with Crippen LogP contribution in [0.1, 0.15) is 22.5 Å². The maximum atomic E-state index is 12.4. The molecule has 3 rings (SSSR count). The second kappa shape index (κ2) is 9.58. The Morgan fingerprint density at radius 2 is 1.78 bits per heavy atom. The van der Waals surface area contributed by atoms with E-state index in [9.17, 15) is 13.2 Å². The first kappa shape index (κ1) is 23.6. The number of aryl methyl sites for hydroxylation is 2. The fraction of sp³-hybridized carbons (Fsp3) is 0.217. The molecule has 1 amide bonds. The van der Waals surface area contributed by atoms with Crippen molar-refractivity contribution in [2.24, 2.45) is 5.10 Å². The molecule has 7 nitrogen and oxygen atoms in total. The van der Waals surface area contributed by atoms with E-state index in [1.165, 1.54) is 6.21 Å². The number of rotatable bonds is 7. The second-order valence-electron chi connectivity index (χ2n) is 7.46. The molecule has 32 heavy (non-hydrogen) atoms. The van der Waals surface area contributed by atoms with E-state index in [-0.39, 0.29) is 6.54 Å². The topological polar surface area (TPSA) is 83.8 Å². The van der Waals surface area contributed by atoms with Crippen LogP contribution in [0.2, 0.25) is 5.02 Å². The monoisotopic (exact) mass is 472 g/mol. The van der Waals surface area contributed by atoms with Gasteiger partial charge in [0.2, 0.25) is 10.0 Å². The summed E-state index contributed by atoms with van der Waals surface area (Å²) in [6, 6.07) is 16.5. The quantitative estimate of drug-likeness (QED) is 0.417. The molecule has 1 aromatic heterocycles. The van der Waals surface area contributed by atoms with Crippen molar-refractivity contribution in [3.8, 4) is 5.69 Å². The highest BCUT2D eigenvalue weighted by Crippen LogP contribution is 2.25. The summed E-state index contributed by atoms with van der Waals surface area (Å²) in [5, 5.41) is 4.66. The van der Waals surface area contributed by atoms with Gasteiger partial charge in [-0.3, -0.25) is 9.10 Å².